The molecule has 0 bridgehead atoms. The van der Waals surface area contributed by atoms with Crippen LogP contribution in [0.1, 0.15) is 5.69 Å². The molecular formula is C9H13N3O6S2. The summed E-state index contributed by atoms with van der Waals surface area (Å²) in [5.74, 6) is -1.96. The molecule has 0 aromatic carbocycles. The molecular weight excluding hydrogens is 310 g/mol. The maximum absolute atomic E-state index is 11.4. The minimum absolute atomic E-state index is 0.140. The molecule has 0 fully saturated rings. The number of nitrogens with zero attached hydrogens (tertiary/aromatic N) is 1. The Kier molecular flexibility index (Phi) is 5.42. The van der Waals surface area contributed by atoms with Crippen LogP contribution in [-0.4, -0.2) is 54.4 Å². The summed E-state index contributed by atoms with van der Waals surface area (Å²) in [4.78, 5) is 25.7. The summed E-state index contributed by atoms with van der Waals surface area (Å²) in [7, 11) is -3.42. The quantitative estimate of drug-likeness (QED) is 0.483. The summed E-state index contributed by atoms with van der Waals surface area (Å²) in [6.07, 6.45) is -0.834. The van der Waals surface area contributed by atoms with Gasteiger partial charge < -0.3 is 15.5 Å². The minimum Gasteiger partial charge on any atom is -0.479 e. The lowest BCUT2D eigenvalue weighted by atomic mass is 10.3. The molecule has 1 aromatic rings. The molecule has 20 heavy (non-hydrogen) atoms. The largest absolute Gasteiger partial charge is 0.479 e. The van der Waals surface area contributed by atoms with E-state index in [1.807, 2.05) is 0 Å². The molecule has 1 aromatic heterocycles. The Hall–Kier alpha value is -1.72. The fourth-order valence-corrected chi connectivity index (χ4v) is 2.68. The zero-order valence-corrected chi connectivity index (χ0v) is 12.0. The zero-order valence-electron chi connectivity index (χ0n) is 10.4. The molecule has 0 spiro atoms. The number of rotatable bonds is 7. The van der Waals surface area contributed by atoms with E-state index in [1.165, 1.54) is 5.38 Å². The molecule has 0 radical (unpaired) electrons. The van der Waals surface area contributed by atoms with E-state index in [2.05, 4.69) is 15.0 Å². The molecule has 1 unspecified atom stereocenters. The maximum atomic E-state index is 11.4. The summed E-state index contributed by atoms with van der Waals surface area (Å²) in [6, 6.07) is 0. The second kappa shape index (κ2) is 6.63. The van der Waals surface area contributed by atoms with E-state index in [-0.39, 0.29) is 11.6 Å². The van der Waals surface area contributed by atoms with E-state index in [9.17, 15) is 18.0 Å². The number of hydrogen-bond donors (Lipinski definition) is 4. The molecule has 1 rings (SSSR count). The average molecular weight is 323 g/mol. The number of thiazole rings is 1. The van der Waals surface area contributed by atoms with Crippen molar-refractivity contribution in [3.05, 3.63) is 11.1 Å². The third kappa shape index (κ3) is 5.95. The zero-order chi connectivity index (χ0) is 15.3. The maximum Gasteiger partial charge on any atom is 0.334 e. The molecule has 11 heteroatoms. The van der Waals surface area contributed by atoms with Gasteiger partial charge in [-0.05, 0) is 0 Å². The second-order valence-electron chi connectivity index (χ2n) is 3.85. The van der Waals surface area contributed by atoms with E-state index < -0.39 is 34.5 Å². The van der Waals surface area contributed by atoms with Gasteiger partial charge in [-0.15, -0.1) is 11.3 Å². The fraction of sp³-hybridized carbons (Fsp3) is 0.444. The Morgan fingerprint density at radius 1 is 1.50 bits per heavy atom. The number of sulfonamides is 1. The Labute approximate surface area is 118 Å². The van der Waals surface area contributed by atoms with Crippen LogP contribution in [-0.2, 0) is 26.0 Å². The summed E-state index contributed by atoms with van der Waals surface area (Å²) >= 11 is 1.02. The summed E-state index contributed by atoms with van der Waals surface area (Å²) in [6.45, 7) is -0.410. The van der Waals surface area contributed by atoms with Crippen molar-refractivity contribution in [2.75, 3.05) is 17.5 Å². The van der Waals surface area contributed by atoms with Gasteiger partial charge in [0.25, 0.3) is 0 Å². The van der Waals surface area contributed by atoms with E-state index >= 15 is 0 Å². The minimum atomic E-state index is -3.42. The lowest BCUT2D eigenvalue weighted by molar-refractivity contribution is -0.146. The molecule has 0 saturated heterocycles. The van der Waals surface area contributed by atoms with Gasteiger partial charge in [0.1, 0.15) is 0 Å². The molecule has 1 amide bonds. The van der Waals surface area contributed by atoms with Crippen LogP contribution in [0.25, 0.3) is 0 Å². The van der Waals surface area contributed by atoms with Crippen LogP contribution < -0.4 is 10.0 Å². The van der Waals surface area contributed by atoms with Gasteiger partial charge in [0, 0.05) is 5.38 Å². The van der Waals surface area contributed by atoms with Crippen molar-refractivity contribution >= 4 is 38.4 Å². The van der Waals surface area contributed by atoms with E-state index in [1.54, 1.807) is 0 Å². The van der Waals surface area contributed by atoms with Crippen LogP contribution in [0.4, 0.5) is 5.13 Å². The third-order valence-corrected chi connectivity index (χ3v) is 3.44. The van der Waals surface area contributed by atoms with Crippen molar-refractivity contribution in [2.45, 2.75) is 12.5 Å². The lowest BCUT2D eigenvalue weighted by Gasteiger charge is -2.06. The van der Waals surface area contributed by atoms with Crippen molar-refractivity contribution < 1.29 is 28.2 Å². The second-order valence-corrected chi connectivity index (χ2v) is 6.46. The number of carbonyl (C=O) groups excluding carboxylic acids is 1. The standard InChI is InChI=1S/C9H13N3O6S2/c1-20(17,18)12-9-11-5(4-19-9)2-7(14)10-3-6(13)8(15)16/h4,6,13H,2-3H2,1H3,(H,10,14)(H,11,12)(H,15,16). The number of carbonyl (C=O) groups is 2. The first-order valence-electron chi connectivity index (χ1n) is 5.27. The normalized spacial score (nSPS) is 12.7. The van der Waals surface area contributed by atoms with Crippen molar-refractivity contribution in [1.29, 1.82) is 0 Å². The fourth-order valence-electron chi connectivity index (χ4n) is 1.12. The number of aliphatic hydroxyl groups is 1. The number of aliphatic carboxylic acids is 1. The molecule has 1 atom stereocenters. The molecule has 0 aliphatic carbocycles. The Balaban J connectivity index is 2.49. The van der Waals surface area contributed by atoms with Crippen LogP contribution in [0.2, 0.25) is 0 Å². The van der Waals surface area contributed by atoms with Gasteiger partial charge in [-0.3, -0.25) is 9.52 Å². The van der Waals surface area contributed by atoms with Crippen molar-refractivity contribution in [3.8, 4) is 0 Å². The van der Waals surface area contributed by atoms with Gasteiger partial charge in [0.15, 0.2) is 11.2 Å². The van der Waals surface area contributed by atoms with Gasteiger partial charge in [0.2, 0.25) is 15.9 Å². The Morgan fingerprint density at radius 2 is 2.15 bits per heavy atom. The van der Waals surface area contributed by atoms with Crippen LogP contribution in [0.5, 0.6) is 0 Å². The smallest absolute Gasteiger partial charge is 0.334 e. The third-order valence-electron chi connectivity index (χ3n) is 1.94. The highest BCUT2D eigenvalue weighted by atomic mass is 32.2. The summed E-state index contributed by atoms with van der Waals surface area (Å²) in [5.41, 5.74) is 0.337. The first-order chi connectivity index (χ1) is 9.17. The number of amides is 1. The van der Waals surface area contributed by atoms with Crippen LogP contribution >= 0.6 is 11.3 Å². The molecule has 0 saturated carbocycles. The molecule has 9 nitrogen and oxygen atoms in total. The molecule has 1 heterocycles. The predicted molar refractivity (Wildman–Crippen MR) is 70.9 cm³/mol. The van der Waals surface area contributed by atoms with E-state index in [0.717, 1.165) is 17.6 Å². The van der Waals surface area contributed by atoms with Crippen LogP contribution in [0, 0.1) is 0 Å². The summed E-state index contributed by atoms with van der Waals surface area (Å²) in [5, 5.41) is 21.3. The highest BCUT2D eigenvalue weighted by Gasteiger charge is 2.15. The molecule has 112 valence electrons. The van der Waals surface area contributed by atoms with Crippen molar-refractivity contribution in [2.24, 2.45) is 0 Å². The highest BCUT2D eigenvalue weighted by molar-refractivity contribution is 7.92. The number of anilines is 1. The molecule has 0 aliphatic rings. The van der Waals surface area contributed by atoms with Gasteiger partial charge in [-0.1, -0.05) is 0 Å². The predicted octanol–water partition coefficient (Wildman–Crippen LogP) is -1.38. The average Bonchev–Trinajstić information content (AvgIpc) is 2.70. The van der Waals surface area contributed by atoms with Gasteiger partial charge in [0.05, 0.1) is 24.9 Å². The number of carboxylic acid groups (broad SMARTS) is 1. The number of aromatic nitrogens is 1. The highest BCUT2D eigenvalue weighted by Crippen LogP contribution is 2.16. The number of hydrogen-bond acceptors (Lipinski definition) is 7. The molecule has 4 N–H and O–H groups in total. The van der Waals surface area contributed by atoms with Crippen molar-refractivity contribution in [1.82, 2.24) is 10.3 Å². The van der Waals surface area contributed by atoms with Crippen molar-refractivity contribution in [3.63, 3.8) is 0 Å². The molecule has 0 aliphatic heterocycles. The monoisotopic (exact) mass is 323 g/mol. The van der Waals surface area contributed by atoms with Crippen LogP contribution in [0.15, 0.2) is 5.38 Å². The number of carboxylic acids is 1. The summed E-state index contributed by atoms with van der Waals surface area (Å²) < 4.78 is 24.1. The topological polar surface area (TPSA) is 146 Å². The number of aliphatic hydroxyl groups excluding tert-OH is 1. The van der Waals surface area contributed by atoms with E-state index in [4.69, 9.17) is 10.2 Å². The van der Waals surface area contributed by atoms with Gasteiger partial charge in [-0.2, -0.15) is 0 Å². The van der Waals surface area contributed by atoms with Gasteiger partial charge in [-0.25, -0.2) is 18.2 Å². The van der Waals surface area contributed by atoms with E-state index in [0.29, 0.717) is 5.69 Å². The lowest BCUT2D eigenvalue weighted by Crippen LogP contribution is -2.37. The van der Waals surface area contributed by atoms with Crippen LogP contribution in [0.3, 0.4) is 0 Å². The first kappa shape index (κ1) is 16.3. The van der Waals surface area contributed by atoms with Gasteiger partial charge >= 0.3 is 5.97 Å². The number of nitrogens with one attached hydrogen (secondary N) is 2. The Morgan fingerprint density at radius 3 is 2.70 bits per heavy atom. The first-order valence-corrected chi connectivity index (χ1v) is 8.04. The Bertz CT molecular complexity index is 597. The SMILES string of the molecule is CS(=O)(=O)Nc1nc(CC(=O)NCC(O)C(=O)O)cs1.